The first-order valence-corrected chi connectivity index (χ1v) is 7.04. The maximum absolute atomic E-state index is 12.5. The summed E-state index contributed by atoms with van der Waals surface area (Å²) in [6.45, 7) is 5.06. The van der Waals surface area contributed by atoms with Gasteiger partial charge in [-0.1, -0.05) is 17.7 Å². The SMILES string of the molecule is Cc1ccc2c(=O)n(CC3CCNCC3)ccc2c1. The minimum Gasteiger partial charge on any atom is -0.317 e. The van der Waals surface area contributed by atoms with Crippen molar-refractivity contribution in [2.75, 3.05) is 13.1 Å². The third-order valence-corrected chi connectivity index (χ3v) is 4.05. The second-order valence-electron chi connectivity index (χ2n) is 5.56. The fraction of sp³-hybridized carbons (Fsp3) is 0.438. The zero-order valence-electron chi connectivity index (χ0n) is 11.4. The standard InChI is InChI=1S/C16H20N2O/c1-12-2-3-15-14(10-12)6-9-18(16(15)19)11-13-4-7-17-8-5-13/h2-3,6,9-10,13,17H,4-5,7-8,11H2,1H3. The molecular weight excluding hydrogens is 236 g/mol. The highest BCUT2D eigenvalue weighted by molar-refractivity contribution is 5.81. The van der Waals surface area contributed by atoms with Crippen LogP contribution in [0.5, 0.6) is 0 Å². The van der Waals surface area contributed by atoms with Crippen molar-refractivity contribution in [3.05, 3.63) is 46.4 Å². The molecule has 2 aromatic rings. The maximum Gasteiger partial charge on any atom is 0.258 e. The molecular formula is C16H20N2O. The molecule has 100 valence electrons. The van der Waals surface area contributed by atoms with Crippen molar-refractivity contribution in [1.29, 1.82) is 0 Å². The lowest BCUT2D eigenvalue weighted by Crippen LogP contribution is -2.32. The highest BCUT2D eigenvalue weighted by Gasteiger charge is 2.14. The Morgan fingerprint density at radius 3 is 2.84 bits per heavy atom. The topological polar surface area (TPSA) is 34.0 Å². The van der Waals surface area contributed by atoms with Gasteiger partial charge < -0.3 is 9.88 Å². The van der Waals surface area contributed by atoms with Gasteiger partial charge in [0, 0.05) is 18.1 Å². The summed E-state index contributed by atoms with van der Waals surface area (Å²) >= 11 is 0. The minimum absolute atomic E-state index is 0.149. The molecule has 2 heterocycles. The predicted octanol–water partition coefficient (Wildman–Crippen LogP) is 2.31. The van der Waals surface area contributed by atoms with Crippen LogP contribution >= 0.6 is 0 Å². The van der Waals surface area contributed by atoms with Gasteiger partial charge >= 0.3 is 0 Å². The van der Waals surface area contributed by atoms with E-state index in [1.807, 2.05) is 22.9 Å². The van der Waals surface area contributed by atoms with E-state index in [0.29, 0.717) is 5.92 Å². The maximum atomic E-state index is 12.5. The molecule has 1 N–H and O–H groups in total. The predicted molar refractivity (Wildman–Crippen MR) is 78.5 cm³/mol. The average molecular weight is 256 g/mol. The number of piperidine rings is 1. The quantitative estimate of drug-likeness (QED) is 0.894. The zero-order chi connectivity index (χ0) is 13.2. The van der Waals surface area contributed by atoms with Crippen LogP contribution in [-0.2, 0) is 6.54 Å². The van der Waals surface area contributed by atoms with Crippen LogP contribution < -0.4 is 10.9 Å². The molecule has 0 amide bonds. The van der Waals surface area contributed by atoms with Crippen molar-refractivity contribution in [2.24, 2.45) is 5.92 Å². The summed E-state index contributed by atoms with van der Waals surface area (Å²) in [5.74, 6) is 0.627. The molecule has 1 aliphatic heterocycles. The number of aromatic nitrogens is 1. The number of benzene rings is 1. The second-order valence-corrected chi connectivity index (χ2v) is 5.56. The molecule has 0 unspecified atom stereocenters. The molecule has 1 fully saturated rings. The Bertz CT molecular complexity index is 639. The average Bonchev–Trinajstić information content (AvgIpc) is 2.43. The highest BCUT2D eigenvalue weighted by Crippen LogP contribution is 2.15. The molecule has 0 bridgehead atoms. The normalized spacial score (nSPS) is 16.9. The summed E-state index contributed by atoms with van der Waals surface area (Å²) in [7, 11) is 0. The van der Waals surface area contributed by atoms with Crippen molar-refractivity contribution < 1.29 is 0 Å². The first-order valence-electron chi connectivity index (χ1n) is 7.04. The van der Waals surface area contributed by atoms with Crippen LogP contribution in [0.4, 0.5) is 0 Å². The molecule has 1 saturated heterocycles. The summed E-state index contributed by atoms with van der Waals surface area (Å²) in [5, 5.41) is 5.25. The van der Waals surface area contributed by atoms with Crippen LogP contribution in [0.3, 0.4) is 0 Å². The van der Waals surface area contributed by atoms with E-state index in [-0.39, 0.29) is 5.56 Å². The van der Waals surface area contributed by atoms with E-state index < -0.39 is 0 Å². The summed E-state index contributed by atoms with van der Waals surface area (Å²) in [6.07, 6.45) is 4.28. The Hall–Kier alpha value is -1.61. The molecule has 19 heavy (non-hydrogen) atoms. The molecule has 3 heteroatoms. The second kappa shape index (κ2) is 5.17. The van der Waals surface area contributed by atoms with Gasteiger partial charge in [0.25, 0.3) is 5.56 Å². The van der Waals surface area contributed by atoms with E-state index in [9.17, 15) is 4.79 Å². The number of nitrogens with zero attached hydrogens (tertiary/aromatic N) is 1. The van der Waals surface area contributed by atoms with Gasteiger partial charge in [0.1, 0.15) is 0 Å². The first-order chi connectivity index (χ1) is 9.24. The number of nitrogens with one attached hydrogen (secondary N) is 1. The Labute approximate surface area is 113 Å². The third kappa shape index (κ3) is 2.56. The van der Waals surface area contributed by atoms with Gasteiger partial charge in [-0.25, -0.2) is 0 Å². The van der Waals surface area contributed by atoms with Gasteiger partial charge in [-0.2, -0.15) is 0 Å². The number of rotatable bonds is 2. The Morgan fingerprint density at radius 1 is 1.26 bits per heavy atom. The van der Waals surface area contributed by atoms with Crippen LogP contribution in [0.25, 0.3) is 10.8 Å². The third-order valence-electron chi connectivity index (χ3n) is 4.05. The summed E-state index contributed by atoms with van der Waals surface area (Å²) in [5.41, 5.74) is 1.35. The van der Waals surface area contributed by atoms with E-state index in [4.69, 9.17) is 0 Å². The summed E-state index contributed by atoms with van der Waals surface area (Å²) in [4.78, 5) is 12.5. The van der Waals surface area contributed by atoms with Gasteiger partial charge in [-0.15, -0.1) is 0 Å². The van der Waals surface area contributed by atoms with E-state index >= 15 is 0 Å². The lowest BCUT2D eigenvalue weighted by Gasteiger charge is -2.23. The number of pyridine rings is 1. The highest BCUT2D eigenvalue weighted by atomic mass is 16.1. The van der Waals surface area contributed by atoms with E-state index in [2.05, 4.69) is 24.4 Å². The van der Waals surface area contributed by atoms with Crippen molar-refractivity contribution in [3.63, 3.8) is 0 Å². The fourth-order valence-electron chi connectivity index (χ4n) is 2.89. The molecule has 3 nitrogen and oxygen atoms in total. The number of fused-ring (bicyclic) bond motifs is 1. The van der Waals surface area contributed by atoms with Gasteiger partial charge in [0.2, 0.25) is 0 Å². The van der Waals surface area contributed by atoms with Gasteiger partial charge in [0.05, 0.1) is 0 Å². The lowest BCUT2D eigenvalue weighted by molar-refractivity contribution is 0.330. The fourth-order valence-corrected chi connectivity index (χ4v) is 2.89. The molecule has 1 aromatic heterocycles. The lowest BCUT2D eigenvalue weighted by atomic mass is 9.98. The van der Waals surface area contributed by atoms with E-state index in [1.54, 1.807) is 0 Å². The van der Waals surface area contributed by atoms with Crippen molar-refractivity contribution >= 4 is 10.8 Å². The van der Waals surface area contributed by atoms with Crippen LogP contribution in [0.15, 0.2) is 35.3 Å². The molecule has 1 aliphatic rings. The Kier molecular flexibility index (Phi) is 3.38. The summed E-state index contributed by atoms with van der Waals surface area (Å²) < 4.78 is 1.88. The molecule has 1 aromatic carbocycles. The molecule has 0 saturated carbocycles. The number of hydrogen-bond donors (Lipinski definition) is 1. The number of aryl methyl sites for hydroxylation is 1. The molecule has 0 atom stereocenters. The zero-order valence-corrected chi connectivity index (χ0v) is 11.4. The van der Waals surface area contributed by atoms with Gasteiger partial charge in [-0.05, 0) is 56.3 Å². The minimum atomic E-state index is 0.149. The van der Waals surface area contributed by atoms with E-state index in [0.717, 1.165) is 30.4 Å². The monoisotopic (exact) mass is 256 g/mol. The van der Waals surface area contributed by atoms with E-state index in [1.165, 1.54) is 18.4 Å². The Balaban J connectivity index is 1.93. The van der Waals surface area contributed by atoms with Crippen LogP contribution in [-0.4, -0.2) is 17.7 Å². The van der Waals surface area contributed by atoms with Gasteiger partial charge in [0.15, 0.2) is 0 Å². The van der Waals surface area contributed by atoms with Crippen molar-refractivity contribution in [1.82, 2.24) is 9.88 Å². The number of hydrogen-bond acceptors (Lipinski definition) is 2. The van der Waals surface area contributed by atoms with Crippen LogP contribution in [0, 0.1) is 12.8 Å². The largest absolute Gasteiger partial charge is 0.317 e. The Morgan fingerprint density at radius 2 is 2.05 bits per heavy atom. The smallest absolute Gasteiger partial charge is 0.258 e. The molecule has 0 radical (unpaired) electrons. The van der Waals surface area contributed by atoms with Crippen LogP contribution in [0.2, 0.25) is 0 Å². The molecule has 3 rings (SSSR count). The summed E-state index contributed by atoms with van der Waals surface area (Å²) in [6, 6.07) is 8.10. The van der Waals surface area contributed by atoms with Crippen molar-refractivity contribution in [2.45, 2.75) is 26.3 Å². The first kappa shape index (κ1) is 12.4. The molecule has 0 aliphatic carbocycles. The molecule has 0 spiro atoms. The van der Waals surface area contributed by atoms with Crippen LogP contribution in [0.1, 0.15) is 18.4 Å². The van der Waals surface area contributed by atoms with Gasteiger partial charge in [-0.3, -0.25) is 4.79 Å². The van der Waals surface area contributed by atoms with Crippen molar-refractivity contribution in [3.8, 4) is 0 Å².